The zero-order chi connectivity index (χ0) is 24.7. The van der Waals surface area contributed by atoms with Crippen molar-refractivity contribution in [2.45, 2.75) is 20.0 Å². The number of rotatable bonds is 9. The minimum atomic E-state index is -1.21. The monoisotopic (exact) mass is 453 g/mol. The van der Waals surface area contributed by atoms with Gasteiger partial charge >= 0.3 is 5.97 Å². The maximum Gasteiger partial charge on any atom is 0.338 e. The molecule has 5 nitrogen and oxygen atoms in total. The fourth-order valence-corrected chi connectivity index (χ4v) is 3.16. The van der Waals surface area contributed by atoms with Gasteiger partial charge in [-0.2, -0.15) is 0 Å². The first-order chi connectivity index (χ1) is 16.3. The van der Waals surface area contributed by atoms with Gasteiger partial charge in [0.1, 0.15) is 11.9 Å². The van der Waals surface area contributed by atoms with Gasteiger partial charge in [-0.15, -0.1) is 0 Å². The zero-order valence-corrected chi connectivity index (χ0v) is 19.3. The standard InChI is InChI=1S/C29H27NO4/c1-20(2)28(32)27(31)19-12-22-10-13-24(14-11-22)30(23-8-6-5-7-9-23)25-15-17-26(18-16-25)34-29(33)21(3)4/h5-19,27,31H,1,3H2,2,4H3. The number of Topliss-reactive ketones (excluding diaryl/α,β-unsaturated/α-hetero) is 1. The predicted molar refractivity (Wildman–Crippen MR) is 136 cm³/mol. The van der Waals surface area contributed by atoms with Crippen molar-refractivity contribution in [3.63, 3.8) is 0 Å². The van der Waals surface area contributed by atoms with Gasteiger partial charge in [-0.25, -0.2) is 4.79 Å². The third-order valence-electron chi connectivity index (χ3n) is 4.98. The van der Waals surface area contributed by atoms with Crippen LogP contribution in [-0.4, -0.2) is 23.0 Å². The lowest BCUT2D eigenvalue weighted by molar-refractivity contribution is -0.130. The molecule has 3 aromatic carbocycles. The van der Waals surface area contributed by atoms with Gasteiger partial charge in [-0.05, 0) is 79.6 Å². The number of esters is 1. The average molecular weight is 454 g/mol. The third kappa shape index (κ3) is 6.18. The van der Waals surface area contributed by atoms with Gasteiger partial charge in [0, 0.05) is 22.6 Å². The Bertz CT molecular complexity index is 1210. The van der Waals surface area contributed by atoms with Crippen LogP contribution in [0.15, 0.2) is 109 Å². The Balaban J connectivity index is 1.87. The topological polar surface area (TPSA) is 66.8 Å². The molecule has 0 saturated carbocycles. The van der Waals surface area contributed by atoms with Crippen molar-refractivity contribution in [2.24, 2.45) is 0 Å². The molecule has 1 N–H and O–H groups in total. The van der Waals surface area contributed by atoms with E-state index < -0.39 is 17.9 Å². The summed E-state index contributed by atoms with van der Waals surface area (Å²) in [6.45, 7) is 10.3. The molecule has 1 atom stereocenters. The summed E-state index contributed by atoms with van der Waals surface area (Å²) < 4.78 is 5.30. The molecule has 5 heteroatoms. The van der Waals surface area contributed by atoms with Gasteiger partial charge in [-0.1, -0.05) is 49.6 Å². The third-order valence-corrected chi connectivity index (χ3v) is 4.98. The second-order valence-corrected chi connectivity index (χ2v) is 7.87. The van der Waals surface area contributed by atoms with Gasteiger partial charge in [-0.3, -0.25) is 4.79 Å². The van der Waals surface area contributed by atoms with E-state index in [1.165, 1.54) is 6.08 Å². The van der Waals surface area contributed by atoms with Crippen LogP contribution in [0.25, 0.3) is 6.08 Å². The van der Waals surface area contributed by atoms with E-state index >= 15 is 0 Å². The molecule has 0 saturated heterocycles. The molecule has 0 aliphatic rings. The number of anilines is 3. The highest BCUT2D eigenvalue weighted by Gasteiger charge is 2.14. The summed E-state index contributed by atoms with van der Waals surface area (Å²) in [5.41, 5.74) is 4.24. The molecule has 0 bridgehead atoms. The minimum Gasteiger partial charge on any atom is -0.423 e. The van der Waals surface area contributed by atoms with Crippen LogP contribution in [0.4, 0.5) is 17.1 Å². The zero-order valence-electron chi connectivity index (χ0n) is 19.3. The molecule has 3 rings (SSSR count). The first-order valence-electron chi connectivity index (χ1n) is 10.8. The van der Waals surface area contributed by atoms with E-state index in [4.69, 9.17) is 4.74 Å². The van der Waals surface area contributed by atoms with Crippen LogP contribution >= 0.6 is 0 Å². The summed E-state index contributed by atoms with van der Waals surface area (Å²) in [4.78, 5) is 25.7. The van der Waals surface area contributed by atoms with Crippen molar-refractivity contribution >= 4 is 34.9 Å². The molecular formula is C29H27NO4. The van der Waals surface area contributed by atoms with Gasteiger partial charge in [0.25, 0.3) is 0 Å². The van der Waals surface area contributed by atoms with E-state index in [9.17, 15) is 14.7 Å². The number of carbonyl (C=O) groups excluding carboxylic acids is 2. The molecule has 0 aliphatic heterocycles. The average Bonchev–Trinajstić information content (AvgIpc) is 2.84. The van der Waals surface area contributed by atoms with Gasteiger partial charge < -0.3 is 14.7 Å². The van der Waals surface area contributed by atoms with Crippen LogP contribution in [0, 0.1) is 0 Å². The van der Waals surface area contributed by atoms with Crippen LogP contribution in [0.2, 0.25) is 0 Å². The molecule has 172 valence electrons. The van der Waals surface area contributed by atoms with E-state index in [2.05, 4.69) is 18.1 Å². The maximum absolute atomic E-state index is 11.8. The normalized spacial score (nSPS) is 11.6. The Labute approximate surface area is 199 Å². The Morgan fingerprint density at radius 2 is 1.35 bits per heavy atom. The number of hydrogen-bond donors (Lipinski definition) is 1. The van der Waals surface area contributed by atoms with Crippen molar-refractivity contribution in [3.05, 3.63) is 115 Å². The molecular weight excluding hydrogens is 426 g/mol. The first-order valence-corrected chi connectivity index (χ1v) is 10.8. The summed E-state index contributed by atoms with van der Waals surface area (Å²) in [5.74, 6) is -0.431. The molecule has 3 aromatic rings. The van der Waals surface area contributed by atoms with Crippen LogP contribution in [0.5, 0.6) is 5.75 Å². The maximum atomic E-state index is 11.8. The Morgan fingerprint density at radius 1 is 0.824 bits per heavy atom. The number of ether oxygens (including phenoxy) is 1. The summed E-state index contributed by atoms with van der Waals surface area (Å²) in [6, 6.07) is 24.8. The van der Waals surface area contributed by atoms with Crippen molar-refractivity contribution in [3.8, 4) is 5.75 Å². The van der Waals surface area contributed by atoms with Crippen LogP contribution in [0.3, 0.4) is 0 Å². The first kappa shape index (κ1) is 24.4. The molecule has 1 unspecified atom stereocenters. The smallest absolute Gasteiger partial charge is 0.338 e. The second kappa shape index (κ2) is 11.1. The highest BCUT2D eigenvalue weighted by molar-refractivity contribution is 5.99. The van der Waals surface area contributed by atoms with Crippen molar-refractivity contribution in [1.29, 1.82) is 0 Å². The molecule has 0 heterocycles. The lowest BCUT2D eigenvalue weighted by Crippen LogP contribution is -2.17. The van der Waals surface area contributed by atoms with Crippen molar-refractivity contribution in [1.82, 2.24) is 0 Å². The lowest BCUT2D eigenvalue weighted by atomic mass is 10.1. The van der Waals surface area contributed by atoms with Gasteiger partial charge in [0.05, 0.1) is 0 Å². The predicted octanol–water partition coefficient (Wildman–Crippen LogP) is 6.16. The van der Waals surface area contributed by atoms with Crippen LogP contribution < -0.4 is 9.64 Å². The van der Waals surface area contributed by atoms with Crippen molar-refractivity contribution < 1.29 is 19.4 Å². The summed E-state index contributed by atoms with van der Waals surface area (Å²) >= 11 is 0. The van der Waals surface area contributed by atoms with Gasteiger partial charge in [0.15, 0.2) is 5.78 Å². The number of aliphatic hydroxyl groups excluding tert-OH is 1. The van der Waals surface area contributed by atoms with E-state index in [0.717, 1.165) is 22.6 Å². The largest absolute Gasteiger partial charge is 0.423 e. The Hall–Kier alpha value is -4.22. The second-order valence-electron chi connectivity index (χ2n) is 7.87. The van der Waals surface area contributed by atoms with E-state index in [1.807, 2.05) is 66.7 Å². The summed E-state index contributed by atoms with van der Waals surface area (Å²) in [6.07, 6.45) is 1.94. The molecule has 0 spiro atoms. The number of nitrogens with zero attached hydrogens (tertiary/aromatic N) is 1. The number of ketones is 1. The summed E-state index contributed by atoms with van der Waals surface area (Å²) in [7, 11) is 0. The number of carbonyl (C=O) groups is 2. The fourth-order valence-electron chi connectivity index (χ4n) is 3.16. The Kier molecular flexibility index (Phi) is 7.96. The quantitative estimate of drug-likeness (QED) is 0.239. The van der Waals surface area contributed by atoms with Crippen LogP contribution in [-0.2, 0) is 9.59 Å². The Morgan fingerprint density at radius 3 is 1.88 bits per heavy atom. The highest BCUT2D eigenvalue weighted by Crippen LogP contribution is 2.35. The van der Waals surface area contributed by atoms with Gasteiger partial charge in [0.2, 0.25) is 0 Å². The molecule has 0 aliphatic carbocycles. The highest BCUT2D eigenvalue weighted by atomic mass is 16.5. The number of benzene rings is 3. The fraction of sp³-hybridized carbons (Fsp3) is 0.103. The number of hydrogen-bond acceptors (Lipinski definition) is 5. The van der Waals surface area contributed by atoms with Crippen molar-refractivity contribution in [2.75, 3.05) is 4.90 Å². The lowest BCUT2D eigenvalue weighted by Gasteiger charge is -2.25. The molecule has 0 aromatic heterocycles. The SMILES string of the molecule is C=C(C)C(=O)Oc1ccc(N(c2ccccc2)c2ccc(C=CC(O)C(=O)C(=C)C)cc2)cc1. The van der Waals surface area contributed by atoms with E-state index in [1.54, 1.807) is 32.1 Å². The summed E-state index contributed by atoms with van der Waals surface area (Å²) in [5, 5.41) is 9.96. The van der Waals surface area contributed by atoms with E-state index in [0.29, 0.717) is 16.9 Å². The number of para-hydroxylation sites is 1. The number of aliphatic hydroxyl groups is 1. The molecule has 0 amide bonds. The van der Waals surface area contributed by atoms with E-state index in [-0.39, 0.29) is 0 Å². The minimum absolute atomic E-state index is 0.311. The molecule has 0 fully saturated rings. The molecule has 34 heavy (non-hydrogen) atoms. The van der Waals surface area contributed by atoms with Crippen LogP contribution in [0.1, 0.15) is 19.4 Å². The molecule has 0 radical (unpaired) electrons.